The molecule has 12 heteroatoms. The van der Waals surface area contributed by atoms with E-state index >= 15 is 0 Å². The van der Waals surface area contributed by atoms with Crippen LogP contribution in [-0.4, -0.2) is 56.4 Å². The van der Waals surface area contributed by atoms with Crippen molar-refractivity contribution in [1.82, 2.24) is 15.0 Å². The lowest BCUT2D eigenvalue weighted by Gasteiger charge is -2.46. The van der Waals surface area contributed by atoms with Crippen molar-refractivity contribution in [3.63, 3.8) is 0 Å². The third kappa shape index (κ3) is 5.39. The molecule has 1 saturated heterocycles. The van der Waals surface area contributed by atoms with E-state index in [2.05, 4.69) is 10.1 Å². The van der Waals surface area contributed by atoms with E-state index in [0.29, 0.717) is 16.7 Å². The second-order valence-electron chi connectivity index (χ2n) is 11.0. The van der Waals surface area contributed by atoms with Gasteiger partial charge in [-0.2, -0.15) is 4.98 Å². The molecule has 0 radical (unpaired) electrons. The number of hydrogen-bond donors (Lipinski definition) is 2. The monoisotopic (exact) mass is 613 g/mol. The van der Waals surface area contributed by atoms with E-state index in [9.17, 15) is 29.0 Å². The third-order valence-electron chi connectivity index (χ3n) is 8.38. The summed E-state index contributed by atoms with van der Waals surface area (Å²) in [5.41, 5.74) is 0.648. The fourth-order valence-corrected chi connectivity index (χ4v) is 6.04. The summed E-state index contributed by atoms with van der Waals surface area (Å²) in [6, 6.07) is 20.9. The number of rotatable bonds is 9. The second-order valence-corrected chi connectivity index (χ2v) is 11.0. The number of hydrogen-bond acceptors (Lipinski definition) is 8. The molecule has 2 unspecified atom stereocenters. The van der Waals surface area contributed by atoms with E-state index in [1.165, 1.54) is 24.2 Å². The Morgan fingerprint density at radius 3 is 2.36 bits per heavy atom. The van der Waals surface area contributed by atoms with Crippen LogP contribution >= 0.6 is 0 Å². The van der Waals surface area contributed by atoms with E-state index in [1.807, 2.05) is 30.3 Å². The first-order chi connectivity index (χ1) is 21.7. The van der Waals surface area contributed by atoms with Crippen LogP contribution in [0.5, 0.6) is 0 Å². The van der Waals surface area contributed by atoms with Gasteiger partial charge < -0.3 is 29.1 Å². The van der Waals surface area contributed by atoms with E-state index < -0.39 is 40.9 Å². The molecule has 3 aromatic carbocycles. The molecule has 0 saturated carbocycles. The lowest BCUT2D eigenvalue weighted by atomic mass is 9.62. The van der Waals surface area contributed by atoms with Crippen LogP contribution < -0.4 is 0 Å². The Balaban J connectivity index is 1.19. The number of piperidine rings is 1. The molecule has 2 aliphatic rings. The van der Waals surface area contributed by atoms with Crippen molar-refractivity contribution < 1.29 is 43.0 Å². The molecule has 0 spiro atoms. The number of likely N-dealkylation sites (tertiary alicyclic amines) is 1. The van der Waals surface area contributed by atoms with Gasteiger partial charge in [0.1, 0.15) is 17.8 Å². The second kappa shape index (κ2) is 11.9. The van der Waals surface area contributed by atoms with Gasteiger partial charge in [0.15, 0.2) is 5.41 Å². The molecule has 1 aromatic heterocycles. The van der Waals surface area contributed by atoms with Gasteiger partial charge >= 0.3 is 11.9 Å². The van der Waals surface area contributed by atoms with Crippen LogP contribution in [0.1, 0.15) is 18.9 Å². The first kappa shape index (κ1) is 29.5. The zero-order valence-electron chi connectivity index (χ0n) is 24.1. The maximum Gasteiger partial charge on any atom is 0.322 e. The molecule has 3 heterocycles. The van der Waals surface area contributed by atoms with Gasteiger partial charge in [-0.05, 0) is 23.3 Å². The van der Waals surface area contributed by atoms with Crippen LogP contribution in [0.4, 0.5) is 4.39 Å². The Morgan fingerprint density at radius 1 is 1.00 bits per heavy atom. The summed E-state index contributed by atoms with van der Waals surface area (Å²) in [5, 5.41) is 24.2. The predicted molar refractivity (Wildman–Crippen MR) is 156 cm³/mol. The Hall–Kier alpha value is -5.52. The number of carbonyl (C=O) groups is 3. The van der Waals surface area contributed by atoms with E-state index in [-0.39, 0.29) is 43.8 Å². The van der Waals surface area contributed by atoms with Crippen LogP contribution in [0.15, 0.2) is 89.3 Å². The maximum atomic E-state index is 14.9. The van der Waals surface area contributed by atoms with Gasteiger partial charge in [0.05, 0.1) is 5.92 Å². The molecule has 2 atom stereocenters. The normalized spacial score (nSPS) is 19.0. The average Bonchev–Trinajstić information content (AvgIpc) is 3.73. The summed E-state index contributed by atoms with van der Waals surface area (Å²) < 4.78 is 30.6. The van der Waals surface area contributed by atoms with Crippen LogP contribution in [0, 0.1) is 23.1 Å². The Bertz CT molecular complexity index is 1770. The summed E-state index contributed by atoms with van der Waals surface area (Å²) in [6.45, 7) is 1.48. The summed E-state index contributed by atoms with van der Waals surface area (Å²) in [7, 11) is 0. The molecule has 230 valence electrons. The minimum Gasteiger partial charge on any atom is -0.480 e. The summed E-state index contributed by atoms with van der Waals surface area (Å²) in [5.74, 6) is -5.83. The van der Waals surface area contributed by atoms with Crippen LogP contribution in [-0.2, 0) is 30.4 Å². The van der Waals surface area contributed by atoms with E-state index in [0.717, 1.165) is 11.1 Å². The van der Waals surface area contributed by atoms with Crippen LogP contribution in [0.3, 0.4) is 0 Å². The highest BCUT2D eigenvalue weighted by molar-refractivity contribution is 6.04. The number of aliphatic carboxylic acids is 2. The largest absolute Gasteiger partial charge is 0.480 e. The highest BCUT2D eigenvalue weighted by atomic mass is 19.1. The van der Waals surface area contributed by atoms with Gasteiger partial charge in [-0.3, -0.25) is 14.4 Å². The lowest BCUT2D eigenvalue weighted by Crippen LogP contribution is -2.62. The number of halogens is 1. The van der Waals surface area contributed by atoms with Crippen molar-refractivity contribution in [2.24, 2.45) is 17.3 Å². The van der Waals surface area contributed by atoms with Gasteiger partial charge in [-0.1, -0.05) is 72.7 Å². The van der Waals surface area contributed by atoms with Crippen molar-refractivity contribution in [3.8, 4) is 34.0 Å². The topological polar surface area (TPSA) is 152 Å². The SMILES string of the molecule is CC1CN(Cc2ccc(-c3noc(-c4ccc(-c5ccccc5)c(F)c4)n3)cc2)C(=O)C(CC2=COCO2)C1(C(=O)O)C(=O)O. The number of carboxylic acid groups (broad SMARTS) is 2. The number of amides is 1. The van der Waals surface area contributed by atoms with Crippen molar-refractivity contribution in [3.05, 3.63) is 96.2 Å². The number of allylic oxidation sites excluding steroid dienone is 1. The number of carbonyl (C=O) groups excluding carboxylic acids is 1. The highest BCUT2D eigenvalue weighted by Gasteiger charge is 2.63. The summed E-state index contributed by atoms with van der Waals surface area (Å²) in [4.78, 5) is 44.3. The zero-order valence-corrected chi connectivity index (χ0v) is 24.1. The summed E-state index contributed by atoms with van der Waals surface area (Å²) >= 11 is 0. The number of nitrogens with zero attached hydrogens (tertiary/aromatic N) is 3. The Morgan fingerprint density at radius 2 is 1.71 bits per heavy atom. The fourth-order valence-electron chi connectivity index (χ4n) is 6.04. The molecule has 1 fully saturated rings. The molecule has 0 aliphatic carbocycles. The van der Waals surface area contributed by atoms with Crippen molar-refractivity contribution >= 4 is 17.8 Å². The van der Waals surface area contributed by atoms with Crippen LogP contribution in [0.25, 0.3) is 34.0 Å². The van der Waals surface area contributed by atoms with E-state index in [1.54, 1.807) is 36.4 Å². The highest BCUT2D eigenvalue weighted by Crippen LogP contribution is 2.46. The fraction of sp³-hybridized carbons (Fsp3) is 0.242. The van der Waals surface area contributed by atoms with Gasteiger partial charge in [-0.25, -0.2) is 4.39 Å². The Labute approximate surface area is 256 Å². The summed E-state index contributed by atoms with van der Waals surface area (Å²) in [6.07, 6.45) is 1.04. The Kier molecular flexibility index (Phi) is 7.79. The van der Waals surface area contributed by atoms with Gasteiger partial charge in [0.25, 0.3) is 5.89 Å². The first-order valence-electron chi connectivity index (χ1n) is 14.2. The number of benzene rings is 3. The van der Waals surface area contributed by atoms with Gasteiger partial charge in [0, 0.05) is 42.1 Å². The molecule has 1 amide bonds. The van der Waals surface area contributed by atoms with Crippen LogP contribution in [0.2, 0.25) is 0 Å². The standard InChI is InChI=1S/C33H28FN3O8/c1-19-15-37(30(38)26(14-24-17-43-18-44-24)33(19,31(39)40)32(41)42)16-20-7-9-22(10-8-20)28-35-29(45-36-28)23-11-12-25(27(34)13-23)21-5-3-2-4-6-21/h2-13,17,19,26H,14-16,18H2,1H3,(H,39,40)(H,41,42). The van der Waals surface area contributed by atoms with Gasteiger partial charge in [-0.15, -0.1) is 0 Å². The molecule has 0 bridgehead atoms. The minimum atomic E-state index is -2.33. The van der Waals surface area contributed by atoms with Crippen molar-refractivity contribution in [2.45, 2.75) is 19.9 Å². The number of ether oxygens (including phenoxy) is 2. The molecule has 2 aliphatic heterocycles. The molecular formula is C33H28FN3O8. The molecule has 6 rings (SSSR count). The third-order valence-corrected chi connectivity index (χ3v) is 8.38. The lowest BCUT2D eigenvalue weighted by molar-refractivity contribution is -0.186. The first-order valence-corrected chi connectivity index (χ1v) is 14.2. The maximum absolute atomic E-state index is 14.9. The molecule has 2 N–H and O–H groups in total. The van der Waals surface area contributed by atoms with Crippen molar-refractivity contribution in [2.75, 3.05) is 13.3 Å². The predicted octanol–water partition coefficient (Wildman–Crippen LogP) is 5.20. The van der Waals surface area contributed by atoms with E-state index in [4.69, 9.17) is 14.0 Å². The molecule has 45 heavy (non-hydrogen) atoms. The quantitative estimate of drug-likeness (QED) is 0.241. The minimum absolute atomic E-state index is 0.0695. The molecule has 4 aromatic rings. The number of aromatic nitrogens is 2. The average molecular weight is 614 g/mol. The molecule has 11 nitrogen and oxygen atoms in total. The van der Waals surface area contributed by atoms with Crippen molar-refractivity contribution in [1.29, 1.82) is 0 Å². The molecular weight excluding hydrogens is 585 g/mol. The smallest absolute Gasteiger partial charge is 0.322 e. The number of carboxylic acids is 2. The van der Waals surface area contributed by atoms with Gasteiger partial charge in [0.2, 0.25) is 18.5 Å². The zero-order chi connectivity index (χ0) is 31.7.